The Bertz CT molecular complexity index is 1800. The number of rotatable bonds is 7. The molecule has 7 amide bonds. The maximum absolute atomic E-state index is 14.2. The van der Waals surface area contributed by atoms with E-state index in [1.54, 1.807) is 18.2 Å². The summed E-state index contributed by atoms with van der Waals surface area (Å²) in [6.45, 7) is 0.598. The van der Waals surface area contributed by atoms with Gasteiger partial charge >= 0.3 is 0 Å². The van der Waals surface area contributed by atoms with Gasteiger partial charge in [-0.25, -0.2) is 0 Å². The molecule has 0 saturated carbocycles. The molecule has 4 heterocycles. The number of amides is 7. The van der Waals surface area contributed by atoms with Crippen LogP contribution in [0, 0.1) is 0 Å². The fourth-order valence-corrected chi connectivity index (χ4v) is 9.48. The molecule has 2 aromatic rings. The topological polar surface area (TPSA) is 206 Å². The number of carbonyl (C=O) groups excluding carboxylic acids is 7. The first kappa shape index (κ1) is 39.7. The van der Waals surface area contributed by atoms with Crippen molar-refractivity contribution in [3.05, 3.63) is 71.9 Å². The van der Waals surface area contributed by atoms with Gasteiger partial charge in [-0.15, -0.1) is 0 Å². The van der Waals surface area contributed by atoms with Crippen molar-refractivity contribution in [2.75, 3.05) is 24.6 Å². The average Bonchev–Trinajstić information content (AvgIpc) is 3.97. The highest BCUT2D eigenvalue weighted by molar-refractivity contribution is 8.76. The number of hydrogen-bond donors (Lipinski definition) is 6. The zero-order valence-electron chi connectivity index (χ0n) is 30.1. The van der Waals surface area contributed by atoms with Crippen LogP contribution in [0.1, 0.15) is 49.7 Å². The summed E-state index contributed by atoms with van der Waals surface area (Å²) in [6.07, 6.45) is 5.55. The van der Waals surface area contributed by atoms with Gasteiger partial charge < -0.3 is 41.5 Å². The predicted molar refractivity (Wildman–Crippen MR) is 207 cm³/mol. The Labute approximate surface area is 326 Å². The molecule has 6 rings (SSSR count). The van der Waals surface area contributed by atoms with Crippen molar-refractivity contribution in [2.45, 2.75) is 81.2 Å². The molecule has 2 aromatic carbocycles. The molecule has 0 radical (unpaired) electrons. The van der Waals surface area contributed by atoms with E-state index in [2.05, 4.69) is 26.6 Å². The van der Waals surface area contributed by atoms with Crippen molar-refractivity contribution in [3.63, 3.8) is 0 Å². The third kappa shape index (κ3) is 10.2. The molecule has 0 aromatic heterocycles. The molecule has 6 N–H and O–H groups in total. The summed E-state index contributed by atoms with van der Waals surface area (Å²) in [5.41, 5.74) is 1.49. The number of nitrogens with one attached hydrogen (secondary N) is 5. The molecule has 0 spiro atoms. The van der Waals surface area contributed by atoms with E-state index in [-0.39, 0.29) is 41.9 Å². The molecule has 0 bridgehead atoms. The Morgan fingerprint density at radius 1 is 0.764 bits per heavy atom. The third-order valence-electron chi connectivity index (χ3n) is 10.1. The number of aromatic hydroxyl groups is 1. The Morgan fingerprint density at radius 3 is 2.16 bits per heavy atom. The molecular formula is C38H45N7O8S2. The fourth-order valence-electron chi connectivity index (χ4n) is 7.16. The highest BCUT2D eigenvalue weighted by Crippen LogP contribution is 2.29. The predicted octanol–water partition coefficient (Wildman–Crippen LogP) is 0.832. The lowest BCUT2D eigenvalue weighted by Crippen LogP contribution is -2.59. The van der Waals surface area contributed by atoms with Gasteiger partial charge in [0.05, 0.1) is 0 Å². The number of carbonyl (C=O) groups is 7. The number of phenolic OH excluding ortho intramolecular Hbond substituents is 1. The molecule has 17 heteroatoms. The van der Waals surface area contributed by atoms with Crippen molar-refractivity contribution in [1.29, 1.82) is 0 Å². The van der Waals surface area contributed by atoms with Crippen LogP contribution < -0.4 is 26.6 Å². The molecule has 292 valence electrons. The summed E-state index contributed by atoms with van der Waals surface area (Å²) in [4.78, 5) is 98.1. The van der Waals surface area contributed by atoms with E-state index in [1.807, 2.05) is 30.3 Å². The van der Waals surface area contributed by atoms with Crippen LogP contribution >= 0.6 is 21.6 Å². The van der Waals surface area contributed by atoms with Crippen molar-refractivity contribution in [2.24, 2.45) is 0 Å². The van der Waals surface area contributed by atoms with Crippen LogP contribution in [-0.2, 0) is 40.0 Å². The first-order chi connectivity index (χ1) is 26.6. The maximum atomic E-state index is 14.2. The Kier molecular flexibility index (Phi) is 13.4. The van der Waals surface area contributed by atoms with E-state index in [0.717, 1.165) is 5.56 Å². The van der Waals surface area contributed by atoms with Crippen molar-refractivity contribution < 1.29 is 38.7 Å². The van der Waals surface area contributed by atoms with Gasteiger partial charge in [-0.3, -0.25) is 33.6 Å². The summed E-state index contributed by atoms with van der Waals surface area (Å²) < 4.78 is 0. The Hall–Kier alpha value is -5.03. The van der Waals surface area contributed by atoms with Crippen LogP contribution in [0.5, 0.6) is 5.75 Å². The summed E-state index contributed by atoms with van der Waals surface area (Å²) in [5.74, 6) is -2.98. The zero-order chi connectivity index (χ0) is 38.9. The van der Waals surface area contributed by atoms with Gasteiger partial charge in [0.1, 0.15) is 42.0 Å². The summed E-state index contributed by atoms with van der Waals surface area (Å²) in [5, 5.41) is 23.4. The number of phenols is 1. The van der Waals surface area contributed by atoms with E-state index in [0.29, 0.717) is 50.8 Å². The van der Waals surface area contributed by atoms with Gasteiger partial charge in [0, 0.05) is 43.6 Å². The number of benzene rings is 2. The first-order valence-electron chi connectivity index (χ1n) is 18.4. The smallest absolute Gasteiger partial charge is 0.247 e. The molecule has 4 saturated heterocycles. The van der Waals surface area contributed by atoms with E-state index in [1.165, 1.54) is 49.7 Å². The fraction of sp³-hybridized carbons (Fsp3) is 0.447. The minimum Gasteiger partial charge on any atom is -0.508 e. The number of hydrogen-bond acceptors (Lipinski definition) is 10. The lowest BCUT2D eigenvalue weighted by atomic mass is 10.0. The van der Waals surface area contributed by atoms with Crippen molar-refractivity contribution >= 4 is 69.0 Å². The van der Waals surface area contributed by atoms with Crippen molar-refractivity contribution in [1.82, 2.24) is 36.4 Å². The Balaban J connectivity index is 1.27. The molecule has 0 aliphatic carbocycles. The van der Waals surface area contributed by atoms with E-state index >= 15 is 0 Å². The Morgan fingerprint density at radius 2 is 1.45 bits per heavy atom. The third-order valence-corrected chi connectivity index (χ3v) is 12.5. The van der Waals surface area contributed by atoms with Gasteiger partial charge in [-0.2, -0.15) is 0 Å². The minimum atomic E-state index is -1.09. The zero-order valence-corrected chi connectivity index (χ0v) is 31.7. The largest absolute Gasteiger partial charge is 0.508 e. The SMILES string of the molecule is O=C1CC[C@@H](C(=O)N[C@H]2CSSC[C@@H](C(=O)N/C=C/c3ccc(O)cc3)NC(=O)[C@H](Cc3ccccc3)NC(=O)[C@@H]3CCCN3C(=O)[C@@H]3CCCN3C2=O)N1. The summed E-state index contributed by atoms with van der Waals surface area (Å²) >= 11 is 0. The molecule has 4 aliphatic heterocycles. The van der Waals surface area contributed by atoms with Crippen molar-refractivity contribution in [3.8, 4) is 5.75 Å². The average molecular weight is 792 g/mol. The van der Waals surface area contributed by atoms with Crippen LogP contribution in [-0.4, -0.2) is 117 Å². The van der Waals surface area contributed by atoms with Crippen LogP contribution in [0.25, 0.3) is 6.08 Å². The highest BCUT2D eigenvalue weighted by atomic mass is 33.1. The summed E-state index contributed by atoms with van der Waals surface area (Å²) in [6, 6.07) is 9.78. The second-order valence-corrected chi connectivity index (χ2v) is 16.5. The minimum absolute atomic E-state index is 0.0516. The number of fused-ring (bicyclic) bond motifs is 2. The normalized spacial score (nSPS) is 26.8. The summed E-state index contributed by atoms with van der Waals surface area (Å²) in [7, 11) is 2.43. The molecule has 6 atom stereocenters. The van der Waals surface area contributed by atoms with Crippen LogP contribution in [0.2, 0.25) is 0 Å². The first-order valence-corrected chi connectivity index (χ1v) is 20.9. The van der Waals surface area contributed by atoms with Gasteiger partial charge in [0.2, 0.25) is 41.4 Å². The molecule has 55 heavy (non-hydrogen) atoms. The van der Waals surface area contributed by atoms with E-state index < -0.39 is 65.8 Å². The standard InChI is InChI=1S/C38H45N7O8S2/c46-25-12-10-23(11-13-25)16-17-39-33(48)28-21-54-55-22-29(43-34(49)26-14-15-32(47)40-26)37(52)45-19-5-9-31(45)38(53)44-18-4-8-30(44)36(51)41-27(35(50)42-28)20-24-6-2-1-3-7-24/h1-3,6-7,10-13,16-17,26-31,46H,4-5,8-9,14-15,18-22H2,(H,39,48)(H,40,47)(H,41,51)(H,42,50)(H,43,49)/b17-16+/t26-,27-,28-,29-,30-,31-/m0/s1. The van der Waals surface area contributed by atoms with Crippen LogP contribution in [0.3, 0.4) is 0 Å². The lowest BCUT2D eigenvalue weighted by Gasteiger charge is -2.33. The van der Waals surface area contributed by atoms with Crippen LogP contribution in [0.15, 0.2) is 60.8 Å². The second kappa shape index (κ2) is 18.5. The van der Waals surface area contributed by atoms with Gasteiger partial charge in [0.25, 0.3) is 0 Å². The molecule has 0 unspecified atom stereocenters. The van der Waals surface area contributed by atoms with E-state index in [4.69, 9.17) is 0 Å². The monoisotopic (exact) mass is 791 g/mol. The molecule has 4 fully saturated rings. The maximum Gasteiger partial charge on any atom is 0.247 e. The molecule has 4 aliphatic rings. The van der Waals surface area contributed by atoms with Gasteiger partial charge in [0.15, 0.2) is 0 Å². The molecule has 15 nitrogen and oxygen atoms in total. The molecular weight excluding hydrogens is 747 g/mol. The quantitative estimate of drug-likeness (QED) is 0.218. The highest BCUT2D eigenvalue weighted by Gasteiger charge is 2.44. The number of nitrogens with zero attached hydrogens (tertiary/aromatic N) is 2. The lowest BCUT2D eigenvalue weighted by molar-refractivity contribution is -0.148. The van der Waals surface area contributed by atoms with Gasteiger partial charge in [-0.05, 0) is 61.4 Å². The van der Waals surface area contributed by atoms with Gasteiger partial charge in [-0.1, -0.05) is 64.1 Å². The van der Waals surface area contributed by atoms with Crippen LogP contribution in [0.4, 0.5) is 0 Å². The van der Waals surface area contributed by atoms with E-state index in [9.17, 15) is 38.7 Å². The second-order valence-electron chi connectivity index (χ2n) is 13.9.